The fourth-order valence-corrected chi connectivity index (χ4v) is 2.08. The quantitative estimate of drug-likeness (QED) is 0.839. The number of pyridine rings is 1. The molecule has 0 aromatic carbocycles. The molecule has 1 fully saturated rings. The molecule has 1 aromatic heterocycles. The number of rotatable bonds is 2. The Morgan fingerprint density at radius 2 is 2.06 bits per heavy atom. The van der Waals surface area contributed by atoms with Crippen LogP contribution in [0, 0.1) is 6.92 Å². The van der Waals surface area contributed by atoms with E-state index in [9.17, 15) is 4.79 Å². The third kappa shape index (κ3) is 3.87. The van der Waals surface area contributed by atoms with E-state index in [1.165, 1.54) is 24.8 Å². The largest absolute Gasteiger partial charge is 0.324 e. The summed E-state index contributed by atoms with van der Waals surface area (Å²) in [6.45, 7) is 1.90. The predicted octanol–water partition coefficient (Wildman–Crippen LogP) is 3.36. The Morgan fingerprint density at radius 1 is 1.28 bits per heavy atom. The van der Waals surface area contributed by atoms with Crippen LogP contribution in [0.5, 0.6) is 0 Å². The minimum Gasteiger partial charge on any atom is -0.314 e. The molecule has 1 aromatic rings. The van der Waals surface area contributed by atoms with E-state index < -0.39 is 0 Å². The van der Waals surface area contributed by atoms with Crippen LogP contribution in [0.2, 0.25) is 0 Å². The number of aromatic nitrogens is 1. The summed E-state index contributed by atoms with van der Waals surface area (Å²) >= 11 is 0. The van der Waals surface area contributed by atoms with Crippen LogP contribution >= 0.6 is 0 Å². The molecule has 2 amide bonds. The molecule has 0 bridgehead atoms. The molecule has 1 aliphatic rings. The third-order valence-electron chi connectivity index (χ3n) is 3.03. The fourth-order valence-electron chi connectivity index (χ4n) is 2.08. The summed E-state index contributed by atoms with van der Waals surface area (Å²) in [6.07, 6.45) is 7.80. The highest BCUT2D eigenvalue weighted by atomic mass is 16.2. The number of carbonyl (C=O) groups is 1. The second kappa shape index (κ2) is 6.19. The molecule has 4 heteroatoms. The second-order valence-electron chi connectivity index (χ2n) is 4.63. The second-order valence-corrected chi connectivity index (χ2v) is 4.63. The monoisotopic (exact) mass is 245 g/mol. The molecular weight excluding hydrogens is 226 g/mol. The van der Waals surface area contributed by atoms with E-state index in [1.54, 1.807) is 6.07 Å². The van der Waals surface area contributed by atoms with Crippen LogP contribution in [0.25, 0.3) is 0 Å². The van der Waals surface area contributed by atoms with Crippen LogP contribution in [0.4, 0.5) is 10.6 Å². The van der Waals surface area contributed by atoms with Gasteiger partial charge in [-0.15, -0.1) is 0 Å². The minimum absolute atomic E-state index is 0.230. The molecule has 0 saturated heterocycles. The number of anilines is 1. The molecule has 4 nitrogen and oxygen atoms in total. The van der Waals surface area contributed by atoms with Gasteiger partial charge in [0.2, 0.25) is 0 Å². The van der Waals surface area contributed by atoms with Crippen molar-refractivity contribution in [1.82, 2.24) is 10.3 Å². The van der Waals surface area contributed by atoms with E-state index in [0.717, 1.165) is 18.5 Å². The fraction of sp³-hybridized carbons (Fsp3) is 0.429. The third-order valence-corrected chi connectivity index (χ3v) is 3.03. The Kier molecular flexibility index (Phi) is 4.34. The number of carbonyl (C=O) groups excluding carboxylic acids is 1. The maximum absolute atomic E-state index is 11.7. The van der Waals surface area contributed by atoms with Gasteiger partial charge in [-0.25, -0.2) is 9.78 Å². The Bertz CT molecular complexity index is 446. The molecule has 0 spiro atoms. The lowest BCUT2D eigenvalue weighted by atomic mass is 9.96. The van der Waals surface area contributed by atoms with Crippen molar-refractivity contribution < 1.29 is 4.79 Å². The van der Waals surface area contributed by atoms with Crippen molar-refractivity contribution in [2.45, 2.75) is 39.0 Å². The summed E-state index contributed by atoms with van der Waals surface area (Å²) in [4.78, 5) is 15.9. The Hall–Kier alpha value is -1.84. The van der Waals surface area contributed by atoms with Gasteiger partial charge in [-0.3, -0.25) is 5.32 Å². The van der Waals surface area contributed by atoms with Gasteiger partial charge >= 0.3 is 6.03 Å². The molecule has 18 heavy (non-hydrogen) atoms. The van der Waals surface area contributed by atoms with Crippen molar-refractivity contribution in [3.05, 3.63) is 35.7 Å². The van der Waals surface area contributed by atoms with Crippen LogP contribution in [0.3, 0.4) is 0 Å². The van der Waals surface area contributed by atoms with E-state index in [0.29, 0.717) is 5.82 Å². The minimum atomic E-state index is -0.230. The predicted molar refractivity (Wildman–Crippen MR) is 72.3 cm³/mol. The number of nitrogens with one attached hydrogen (secondary N) is 2. The van der Waals surface area contributed by atoms with E-state index in [1.807, 2.05) is 25.3 Å². The summed E-state index contributed by atoms with van der Waals surface area (Å²) in [7, 11) is 0. The van der Waals surface area contributed by atoms with Gasteiger partial charge in [0.1, 0.15) is 5.82 Å². The number of urea groups is 1. The van der Waals surface area contributed by atoms with Crippen molar-refractivity contribution in [2.75, 3.05) is 5.32 Å². The van der Waals surface area contributed by atoms with E-state index >= 15 is 0 Å². The first-order valence-corrected chi connectivity index (χ1v) is 6.43. The highest BCUT2D eigenvalue weighted by molar-refractivity contribution is 5.88. The zero-order valence-corrected chi connectivity index (χ0v) is 10.7. The molecule has 1 aliphatic carbocycles. The van der Waals surface area contributed by atoms with Crippen LogP contribution < -0.4 is 10.6 Å². The summed E-state index contributed by atoms with van der Waals surface area (Å²) in [5.74, 6) is 0.578. The summed E-state index contributed by atoms with van der Waals surface area (Å²) in [5.41, 5.74) is 2.21. The van der Waals surface area contributed by atoms with Crippen LogP contribution in [0.1, 0.15) is 37.8 Å². The van der Waals surface area contributed by atoms with E-state index in [4.69, 9.17) is 0 Å². The lowest BCUT2D eigenvalue weighted by molar-refractivity contribution is 0.255. The zero-order valence-electron chi connectivity index (χ0n) is 10.7. The summed E-state index contributed by atoms with van der Waals surface area (Å²) in [5, 5.41) is 5.48. The molecule has 2 N–H and O–H groups in total. The number of nitrogens with zero attached hydrogens (tertiary/aromatic N) is 1. The molecular formula is C14H19N3O. The van der Waals surface area contributed by atoms with E-state index in [-0.39, 0.29) is 6.03 Å². The maximum atomic E-state index is 11.7. The van der Waals surface area contributed by atoms with Gasteiger partial charge in [0.25, 0.3) is 0 Å². The molecule has 0 atom stereocenters. The number of hydrogen-bond acceptors (Lipinski definition) is 2. The molecule has 1 heterocycles. The zero-order chi connectivity index (χ0) is 12.8. The first-order valence-electron chi connectivity index (χ1n) is 6.43. The van der Waals surface area contributed by atoms with Gasteiger partial charge < -0.3 is 5.32 Å². The molecule has 0 unspecified atom stereocenters. The van der Waals surface area contributed by atoms with Gasteiger partial charge in [-0.1, -0.05) is 18.1 Å². The summed E-state index contributed by atoms with van der Waals surface area (Å²) in [6, 6.07) is 5.32. The first-order chi connectivity index (χ1) is 8.74. The van der Waals surface area contributed by atoms with Crippen molar-refractivity contribution in [1.29, 1.82) is 0 Å². The number of amides is 2. The first kappa shape index (κ1) is 12.6. The van der Waals surface area contributed by atoms with Crippen molar-refractivity contribution in [3.8, 4) is 0 Å². The van der Waals surface area contributed by atoms with Crippen molar-refractivity contribution >= 4 is 11.8 Å². The standard InChI is InChI=1S/C14H19N3O/c1-11-6-5-9-13(16-11)17-14(18)15-10-12-7-3-2-4-8-12/h5-6,9-10H,2-4,7-8H2,1H3,(H2,15,16,17,18). The van der Waals surface area contributed by atoms with Gasteiger partial charge in [0.15, 0.2) is 0 Å². The van der Waals surface area contributed by atoms with Crippen LogP contribution in [-0.2, 0) is 0 Å². The summed E-state index contributed by atoms with van der Waals surface area (Å²) < 4.78 is 0. The normalized spacial score (nSPS) is 15.1. The van der Waals surface area contributed by atoms with E-state index in [2.05, 4.69) is 15.6 Å². The lowest BCUT2D eigenvalue weighted by Crippen LogP contribution is -2.25. The van der Waals surface area contributed by atoms with Crippen LogP contribution in [0.15, 0.2) is 30.0 Å². The van der Waals surface area contributed by atoms with Gasteiger partial charge in [0.05, 0.1) is 0 Å². The van der Waals surface area contributed by atoms with Crippen molar-refractivity contribution in [2.24, 2.45) is 0 Å². The SMILES string of the molecule is Cc1cccc(NC(=O)NC=C2CCCCC2)n1. The van der Waals surface area contributed by atoms with Crippen molar-refractivity contribution in [3.63, 3.8) is 0 Å². The Labute approximate surface area is 108 Å². The number of hydrogen-bond donors (Lipinski definition) is 2. The molecule has 0 radical (unpaired) electrons. The average Bonchev–Trinajstić information content (AvgIpc) is 2.38. The Morgan fingerprint density at radius 3 is 2.78 bits per heavy atom. The highest BCUT2D eigenvalue weighted by Gasteiger charge is 2.06. The van der Waals surface area contributed by atoms with Crippen LogP contribution in [-0.4, -0.2) is 11.0 Å². The molecule has 1 saturated carbocycles. The van der Waals surface area contributed by atoms with Gasteiger partial charge in [-0.2, -0.15) is 0 Å². The average molecular weight is 245 g/mol. The molecule has 0 aliphatic heterocycles. The number of allylic oxidation sites excluding steroid dienone is 1. The topological polar surface area (TPSA) is 54.0 Å². The maximum Gasteiger partial charge on any atom is 0.324 e. The smallest absolute Gasteiger partial charge is 0.314 e. The lowest BCUT2D eigenvalue weighted by Gasteiger charge is -2.13. The number of aryl methyl sites for hydroxylation is 1. The van der Waals surface area contributed by atoms with Gasteiger partial charge in [0, 0.05) is 11.9 Å². The van der Waals surface area contributed by atoms with Gasteiger partial charge in [-0.05, 0) is 44.7 Å². The molecule has 2 rings (SSSR count). The molecule has 96 valence electrons. The highest BCUT2D eigenvalue weighted by Crippen LogP contribution is 2.21. The Balaban J connectivity index is 1.85.